The summed E-state index contributed by atoms with van der Waals surface area (Å²) in [5, 5.41) is 25.7. The number of esters is 1. The van der Waals surface area contributed by atoms with E-state index in [2.05, 4.69) is 31.1 Å². The molecule has 1 heterocycles. The van der Waals surface area contributed by atoms with Gasteiger partial charge in [0.15, 0.2) is 11.5 Å². The molecule has 3 amide bonds. The molecule has 0 bridgehead atoms. The first kappa shape index (κ1) is 66.6. The maximum absolute atomic E-state index is 14.2. The van der Waals surface area contributed by atoms with Gasteiger partial charge in [0.2, 0.25) is 17.6 Å². The zero-order chi connectivity index (χ0) is 65.5. The molecule has 0 saturated carbocycles. The van der Waals surface area contributed by atoms with E-state index >= 15 is 0 Å². The van der Waals surface area contributed by atoms with E-state index in [4.69, 9.17) is 24.7 Å². The number of unbranched alkanes of at least 4 members (excludes halogenated alkanes) is 2. The quantitative estimate of drug-likeness (QED) is 0.00932. The number of methoxy groups -OCH3 is 2. The monoisotopic (exact) mass is 1260 g/mol. The van der Waals surface area contributed by atoms with E-state index in [0.29, 0.717) is 122 Å². The van der Waals surface area contributed by atoms with E-state index in [9.17, 15) is 36.9 Å². The van der Waals surface area contributed by atoms with Crippen molar-refractivity contribution < 1.29 is 55.9 Å². The average molecular weight is 1270 g/mol. The Morgan fingerprint density at radius 3 is 2.02 bits per heavy atom. The van der Waals surface area contributed by atoms with Crippen LogP contribution >= 0.6 is 0 Å². The van der Waals surface area contributed by atoms with Crippen molar-refractivity contribution in [2.75, 3.05) is 45.0 Å². The van der Waals surface area contributed by atoms with Crippen LogP contribution in [0.4, 0.5) is 34.1 Å². The van der Waals surface area contributed by atoms with E-state index in [0.717, 1.165) is 33.0 Å². The number of ketones is 1. The van der Waals surface area contributed by atoms with Crippen molar-refractivity contribution in [2.24, 2.45) is 25.9 Å². The minimum Gasteiger partial charge on any atom is -0.494 e. The lowest BCUT2D eigenvalue weighted by atomic mass is 9.84. The zero-order valence-electron chi connectivity index (χ0n) is 52.4. The van der Waals surface area contributed by atoms with Crippen LogP contribution in [0, 0.1) is 12.3 Å². The third-order valence-electron chi connectivity index (χ3n) is 16.5. The van der Waals surface area contributed by atoms with Crippen LogP contribution < -0.4 is 30.6 Å². The summed E-state index contributed by atoms with van der Waals surface area (Å²) in [6, 6.07) is 44.0. The Hall–Kier alpha value is -9.86. The van der Waals surface area contributed by atoms with Crippen LogP contribution in [0.2, 0.25) is 0 Å². The number of aryl methyl sites for hydroxylation is 2. The Kier molecular flexibility index (Phi) is 21.9. The van der Waals surface area contributed by atoms with Gasteiger partial charge in [-0.1, -0.05) is 112 Å². The molecule has 0 aromatic heterocycles. The van der Waals surface area contributed by atoms with E-state index in [1.807, 2.05) is 123 Å². The Balaban J connectivity index is 0.767. The Labute approximate surface area is 535 Å². The van der Waals surface area contributed by atoms with Crippen LogP contribution in [-0.2, 0) is 45.2 Å². The molecule has 8 aromatic rings. The summed E-state index contributed by atoms with van der Waals surface area (Å²) in [7, 11) is -1.43. The number of carbonyl (C=O) groups is 5. The number of hydrogen-bond acceptors (Lipinski definition) is 16. The number of anilines is 2. The molecule has 21 heteroatoms. The number of Topliss-reactive ketones (excluding diaryl/α,β-unsaturated/α-hetero) is 1. The minimum absolute atomic E-state index is 0.0945. The summed E-state index contributed by atoms with van der Waals surface area (Å²) in [5.74, 6) is -0.732. The first-order valence-corrected chi connectivity index (χ1v) is 32.1. The largest absolute Gasteiger partial charge is 0.494 e. The number of likely N-dealkylation sites (tertiary alicyclic amines) is 1. The molecule has 9 rings (SSSR count). The molecular formula is C71H76N8O12S. The Bertz CT molecular complexity index is 4190. The number of nitrogen functional groups attached to an aromatic ring is 1. The second-order valence-corrected chi connectivity index (χ2v) is 24.6. The van der Waals surface area contributed by atoms with Gasteiger partial charge in [0.05, 0.1) is 50.1 Å². The number of fused-ring (bicyclic) bond motifs is 2. The van der Waals surface area contributed by atoms with Crippen LogP contribution in [0.3, 0.4) is 0 Å². The number of rotatable bonds is 27. The summed E-state index contributed by atoms with van der Waals surface area (Å²) in [4.78, 5) is 68.8. The zero-order valence-corrected chi connectivity index (χ0v) is 53.3. The maximum Gasteiger partial charge on any atom is 0.329 e. The SMILES string of the molecule is CCC(C)(C)C(=O)C(=O)N1CCCCC1C(=O)OC(CCc1ccc(OC)c(OC)c1)c1cccc(OCCCCCC(=O)NCC(=O)Nc2c(N=Nc3ccc(-c4ccc(N=Nc5cc(S(=O)(=O)O)c6ccccc6c5N)cc4)cc3)cc(C)c3ccccc23)c1. The van der Waals surface area contributed by atoms with Crippen LogP contribution in [0.5, 0.6) is 17.2 Å². The van der Waals surface area contributed by atoms with Crippen LogP contribution in [0.25, 0.3) is 32.7 Å². The molecule has 0 spiro atoms. The summed E-state index contributed by atoms with van der Waals surface area (Å²) in [5.41, 5.74) is 12.0. The molecule has 92 heavy (non-hydrogen) atoms. The van der Waals surface area contributed by atoms with Crippen molar-refractivity contribution in [3.05, 3.63) is 168 Å². The third-order valence-corrected chi connectivity index (χ3v) is 17.4. The van der Waals surface area contributed by atoms with Gasteiger partial charge in [-0.3, -0.25) is 23.7 Å². The Morgan fingerprint density at radius 1 is 0.707 bits per heavy atom. The molecule has 2 unspecified atom stereocenters. The Morgan fingerprint density at radius 2 is 1.36 bits per heavy atom. The van der Waals surface area contributed by atoms with Gasteiger partial charge in [-0.2, -0.15) is 18.6 Å². The number of benzene rings is 8. The first-order chi connectivity index (χ1) is 44.2. The van der Waals surface area contributed by atoms with Crippen molar-refractivity contribution in [1.82, 2.24) is 10.2 Å². The first-order valence-electron chi connectivity index (χ1n) is 30.7. The standard InChI is InChI=1S/C71H76N8O12S/c1-7-71(3,4)68(82)69(83)79-38-15-14-24-59(79)70(84)91-60(36-26-46-27-37-61(88-5)62(41-46)89-6)49-18-17-19-52(42-49)90-39-16-8-9-25-64(80)73-44-65(81)74-67-56-23-13-10-20-53(56)45(2)40-58(67)78-76-51-34-30-48(31-35-51)47-28-32-50(33-29-47)75-77-57-43-63(92(85,86)87)54-21-11-12-22-55(54)66(57)72/h10-13,17-23,27-35,37,40-43,59-60H,7-9,14-16,24-26,36,38-39,44,72H2,1-6H3,(H,73,80)(H,74,81)(H,85,86,87). The van der Waals surface area contributed by atoms with E-state index in [-0.39, 0.29) is 40.5 Å². The van der Waals surface area contributed by atoms with Crippen molar-refractivity contribution in [2.45, 2.75) is 109 Å². The molecule has 20 nitrogen and oxygen atoms in total. The molecule has 1 aliphatic heterocycles. The van der Waals surface area contributed by atoms with Crippen LogP contribution in [-0.4, -0.2) is 87.3 Å². The number of azo groups is 2. The maximum atomic E-state index is 14.2. The smallest absolute Gasteiger partial charge is 0.329 e. The van der Waals surface area contributed by atoms with Gasteiger partial charge in [-0.15, -0.1) is 10.2 Å². The molecule has 8 aromatic carbocycles. The number of nitrogens with zero attached hydrogens (tertiary/aromatic N) is 5. The van der Waals surface area contributed by atoms with E-state index in [1.165, 1.54) is 11.0 Å². The van der Waals surface area contributed by atoms with Gasteiger partial charge < -0.3 is 40.2 Å². The number of amides is 3. The molecular weight excluding hydrogens is 1190 g/mol. The number of ether oxygens (including phenoxy) is 4. The lowest BCUT2D eigenvalue weighted by Gasteiger charge is -2.36. The topological polar surface area (TPSA) is 279 Å². The summed E-state index contributed by atoms with van der Waals surface area (Å²) < 4.78 is 57.8. The van der Waals surface area contributed by atoms with Gasteiger partial charge in [-0.05, 0) is 159 Å². The highest BCUT2D eigenvalue weighted by molar-refractivity contribution is 7.86. The minimum atomic E-state index is -4.57. The lowest BCUT2D eigenvalue weighted by Crippen LogP contribution is -2.53. The fourth-order valence-electron chi connectivity index (χ4n) is 10.9. The molecule has 0 aliphatic carbocycles. The van der Waals surface area contributed by atoms with Gasteiger partial charge in [0.25, 0.3) is 16.0 Å². The predicted octanol–water partition coefficient (Wildman–Crippen LogP) is 14.9. The normalized spacial score (nSPS) is 13.9. The van der Waals surface area contributed by atoms with Crippen LogP contribution in [0.15, 0.2) is 177 Å². The van der Waals surface area contributed by atoms with Gasteiger partial charge in [0.1, 0.15) is 34.2 Å². The summed E-state index contributed by atoms with van der Waals surface area (Å²) in [6.07, 6.45) is 4.50. The number of nitrogens with one attached hydrogen (secondary N) is 2. The highest BCUT2D eigenvalue weighted by Crippen LogP contribution is 2.40. The number of nitrogens with two attached hydrogens (primary N) is 1. The highest BCUT2D eigenvalue weighted by Gasteiger charge is 2.41. The molecule has 1 aliphatic rings. The number of hydrogen-bond donors (Lipinski definition) is 4. The molecule has 478 valence electrons. The van der Waals surface area contributed by atoms with E-state index in [1.54, 1.807) is 64.5 Å². The fourth-order valence-corrected chi connectivity index (χ4v) is 11.6. The average Bonchev–Trinajstić information content (AvgIpc) is 0.841. The molecule has 5 N–H and O–H groups in total. The molecule has 1 fully saturated rings. The summed E-state index contributed by atoms with van der Waals surface area (Å²) >= 11 is 0. The van der Waals surface area contributed by atoms with Gasteiger partial charge >= 0.3 is 5.97 Å². The highest BCUT2D eigenvalue weighted by atomic mass is 32.2. The second-order valence-electron chi connectivity index (χ2n) is 23.2. The van der Waals surface area contributed by atoms with Crippen LogP contribution in [0.1, 0.15) is 101 Å². The van der Waals surface area contributed by atoms with Gasteiger partial charge in [-0.25, -0.2) is 4.79 Å². The van der Waals surface area contributed by atoms with E-state index < -0.39 is 51.2 Å². The number of carbonyl (C=O) groups excluding carboxylic acids is 5. The lowest BCUT2D eigenvalue weighted by molar-refractivity contribution is -0.164. The molecule has 2 atom stereocenters. The number of piperidine rings is 1. The summed E-state index contributed by atoms with van der Waals surface area (Å²) in [6.45, 7) is 7.68. The molecule has 1 saturated heterocycles. The van der Waals surface area contributed by atoms with Crippen molar-refractivity contribution in [3.8, 4) is 28.4 Å². The van der Waals surface area contributed by atoms with Crippen molar-refractivity contribution in [1.29, 1.82) is 0 Å². The molecule has 0 radical (unpaired) electrons. The van der Waals surface area contributed by atoms with Crippen molar-refractivity contribution >= 4 is 95.3 Å². The van der Waals surface area contributed by atoms with Gasteiger partial charge in [0, 0.05) is 34.5 Å². The fraction of sp³-hybridized carbons (Fsp3) is 0.310. The second kappa shape index (κ2) is 30.3. The predicted molar refractivity (Wildman–Crippen MR) is 354 cm³/mol. The van der Waals surface area contributed by atoms with Crippen molar-refractivity contribution in [3.63, 3.8) is 0 Å². The third kappa shape index (κ3) is 16.6.